The van der Waals surface area contributed by atoms with Crippen molar-refractivity contribution in [3.63, 3.8) is 0 Å². The van der Waals surface area contributed by atoms with E-state index in [0.29, 0.717) is 11.7 Å². The van der Waals surface area contributed by atoms with Crippen molar-refractivity contribution in [2.24, 2.45) is 7.05 Å². The molecule has 0 aliphatic rings. The molecule has 132 valence electrons. The minimum absolute atomic E-state index is 0.0892. The Morgan fingerprint density at radius 3 is 2.50 bits per heavy atom. The average molecular weight is 345 g/mol. The Labute approximate surface area is 153 Å². The molecule has 0 fully saturated rings. The van der Waals surface area contributed by atoms with Crippen LogP contribution in [0.4, 0.5) is 5.69 Å². The Kier molecular flexibility index (Phi) is 3.83. The maximum absolute atomic E-state index is 12.9. The molecule has 4 rings (SSSR count). The molecule has 0 unspecified atom stereocenters. The molecule has 1 N–H and O–H groups in total. The fourth-order valence-electron chi connectivity index (χ4n) is 3.80. The summed E-state index contributed by atoms with van der Waals surface area (Å²) in [6.45, 7) is 6.36. The number of carbonyl (C=O) groups excluding carboxylic acids is 1. The molecular weight excluding hydrogens is 322 g/mol. The van der Waals surface area contributed by atoms with Gasteiger partial charge in [-0.2, -0.15) is 0 Å². The fraction of sp³-hybridized carbons (Fsp3) is 0.227. The zero-order valence-corrected chi connectivity index (χ0v) is 15.6. The van der Waals surface area contributed by atoms with Crippen molar-refractivity contribution in [3.05, 3.63) is 65.9 Å². The predicted octanol–water partition coefficient (Wildman–Crippen LogP) is 5.27. The number of aromatic nitrogens is 2. The number of para-hydroxylation sites is 1. The maximum atomic E-state index is 12.9. The standard InChI is InChI=1S/C22H23N3O/c1-14(2)25-18-11-6-5-10-17(18)21-19(25)13-20(24(21)4)22(26)23-16-9-7-8-15(3)12-16/h5-14H,1-4H3,(H,23,26). The molecule has 0 aliphatic heterocycles. The summed E-state index contributed by atoms with van der Waals surface area (Å²) < 4.78 is 4.30. The Bertz CT molecular complexity index is 1130. The first kappa shape index (κ1) is 16.5. The summed E-state index contributed by atoms with van der Waals surface area (Å²) in [4.78, 5) is 12.9. The second kappa shape index (κ2) is 6.06. The lowest BCUT2D eigenvalue weighted by Gasteiger charge is -2.10. The topological polar surface area (TPSA) is 39.0 Å². The lowest BCUT2D eigenvalue weighted by molar-refractivity contribution is 0.102. The second-order valence-corrected chi connectivity index (χ2v) is 7.13. The van der Waals surface area contributed by atoms with Crippen molar-refractivity contribution in [1.29, 1.82) is 0 Å². The van der Waals surface area contributed by atoms with Crippen LogP contribution in [0.2, 0.25) is 0 Å². The maximum Gasteiger partial charge on any atom is 0.272 e. The van der Waals surface area contributed by atoms with Crippen LogP contribution in [0.1, 0.15) is 35.9 Å². The summed E-state index contributed by atoms with van der Waals surface area (Å²) >= 11 is 0. The first-order chi connectivity index (χ1) is 12.5. The van der Waals surface area contributed by atoms with Crippen molar-refractivity contribution < 1.29 is 4.79 Å². The third-order valence-corrected chi connectivity index (χ3v) is 4.92. The van der Waals surface area contributed by atoms with Crippen molar-refractivity contribution in [1.82, 2.24) is 9.13 Å². The van der Waals surface area contributed by atoms with Crippen LogP contribution in [0, 0.1) is 6.92 Å². The van der Waals surface area contributed by atoms with Gasteiger partial charge in [-0.1, -0.05) is 30.3 Å². The van der Waals surface area contributed by atoms with Crippen LogP contribution in [0.15, 0.2) is 54.6 Å². The summed E-state index contributed by atoms with van der Waals surface area (Å²) in [5, 5.41) is 4.19. The molecular formula is C22H23N3O. The Morgan fingerprint density at radius 2 is 1.77 bits per heavy atom. The number of nitrogens with zero attached hydrogens (tertiary/aromatic N) is 2. The number of fused-ring (bicyclic) bond motifs is 3. The highest BCUT2D eigenvalue weighted by Gasteiger charge is 2.21. The van der Waals surface area contributed by atoms with Crippen molar-refractivity contribution in [3.8, 4) is 0 Å². The van der Waals surface area contributed by atoms with Gasteiger partial charge in [0.25, 0.3) is 5.91 Å². The van der Waals surface area contributed by atoms with E-state index < -0.39 is 0 Å². The molecule has 2 aromatic carbocycles. The van der Waals surface area contributed by atoms with E-state index in [-0.39, 0.29) is 5.91 Å². The molecule has 0 atom stereocenters. The first-order valence-electron chi connectivity index (χ1n) is 8.93. The van der Waals surface area contributed by atoms with Crippen LogP contribution < -0.4 is 5.32 Å². The highest BCUT2D eigenvalue weighted by molar-refractivity contribution is 6.12. The van der Waals surface area contributed by atoms with E-state index in [1.165, 1.54) is 10.9 Å². The van der Waals surface area contributed by atoms with Gasteiger partial charge in [-0.15, -0.1) is 0 Å². The average Bonchev–Trinajstić information content (AvgIpc) is 3.09. The number of rotatable bonds is 3. The summed E-state index contributed by atoms with van der Waals surface area (Å²) in [5.41, 5.74) is 6.00. The molecule has 4 aromatic rings. The molecule has 2 aromatic heterocycles. The lowest BCUT2D eigenvalue weighted by atomic mass is 10.2. The number of benzene rings is 2. The molecule has 0 radical (unpaired) electrons. The normalized spacial score (nSPS) is 11.6. The number of amides is 1. The van der Waals surface area contributed by atoms with Gasteiger partial charge in [0.2, 0.25) is 0 Å². The Balaban J connectivity index is 1.85. The van der Waals surface area contributed by atoms with Gasteiger partial charge in [-0.25, -0.2) is 0 Å². The van der Waals surface area contributed by atoms with Gasteiger partial charge in [-0.3, -0.25) is 4.79 Å². The van der Waals surface area contributed by atoms with E-state index in [2.05, 4.69) is 41.9 Å². The molecule has 0 bridgehead atoms. The zero-order chi connectivity index (χ0) is 18.4. The molecule has 0 saturated heterocycles. The summed E-state index contributed by atoms with van der Waals surface area (Å²) in [5.74, 6) is -0.0892. The molecule has 1 amide bonds. The Hall–Kier alpha value is -3.01. The monoisotopic (exact) mass is 345 g/mol. The molecule has 0 spiro atoms. The third kappa shape index (κ3) is 2.49. The molecule has 0 aliphatic carbocycles. The fourth-order valence-corrected chi connectivity index (χ4v) is 3.80. The quantitative estimate of drug-likeness (QED) is 0.539. The summed E-state index contributed by atoms with van der Waals surface area (Å²) in [6, 6.07) is 18.5. The highest BCUT2D eigenvalue weighted by Crippen LogP contribution is 2.33. The van der Waals surface area contributed by atoms with E-state index in [1.807, 2.05) is 54.9 Å². The third-order valence-electron chi connectivity index (χ3n) is 4.92. The van der Waals surface area contributed by atoms with Crippen molar-refractivity contribution >= 4 is 33.5 Å². The molecule has 4 heteroatoms. The van der Waals surface area contributed by atoms with Gasteiger partial charge < -0.3 is 14.5 Å². The van der Waals surface area contributed by atoms with E-state index in [9.17, 15) is 4.79 Å². The van der Waals surface area contributed by atoms with E-state index >= 15 is 0 Å². The van der Waals surface area contributed by atoms with E-state index in [0.717, 1.165) is 22.3 Å². The van der Waals surface area contributed by atoms with Crippen molar-refractivity contribution in [2.75, 3.05) is 5.32 Å². The number of hydrogen-bond donors (Lipinski definition) is 1. The minimum Gasteiger partial charge on any atom is -0.338 e. The first-order valence-corrected chi connectivity index (χ1v) is 8.93. The van der Waals surface area contributed by atoms with E-state index in [1.54, 1.807) is 0 Å². The number of aryl methyl sites for hydroxylation is 2. The second-order valence-electron chi connectivity index (χ2n) is 7.13. The summed E-state index contributed by atoms with van der Waals surface area (Å²) in [6.07, 6.45) is 0. The molecule has 26 heavy (non-hydrogen) atoms. The Morgan fingerprint density at radius 1 is 1.00 bits per heavy atom. The molecule has 2 heterocycles. The lowest BCUT2D eigenvalue weighted by Crippen LogP contribution is -2.15. The van der Waals surface area contributed by atoms with Crippen LogP contribution in [-0.4, -0.2) is 15.0 Å². The van der Waals surface area contributed by atoms with Crippen molar-refractivity contribution in [2.45, 2.75) is 26.8 Å². The van der Waals surface area contributed by atoms with E-state index in [4.69, 9.17) is 0 Å². The molecule has 0 saturated carbocycles. The number of anilines is 1. The van der Waals surface area contributed by atoms with Gasteiger partial charge in [-0.05, 0) is 50.6 Å². The highest BCUT2D eigenvalue weighted by atomic mass is 16.1. The van der Waals surface area contributed by atoms with Gasteiger partial charge in [0.1, 0.15) is 5.69 Å². The zero-order valence-electron chi connectivity index (χ0n) is 15.6. The number of nitrogens with one attached hydrogen (secondary N) is 1. The van der Waals surface area contributed by atoms with Crippen LogP contribution >= 0.6 is 0 Å². The van der Waals surface area contributed by atoms with Gasteiger partial charge >= 0.3 is 0 Å². The van der Waals surface area contributed by atoms with Crippen LogP contribution in [0.3, 0.4) is 0 Å². The van der Waals surface area contributed by atoms with Gasteiger partial charge in [0.05, 0.1) is 16.6 Å². The van der Waals surface area contributed by atoms with Crippen LogP contribution in [0.5, 0.6) is 0 Å². The minimum atomic E-state index is -0.0892. The smallest absolute Gasteiger partial charge is 0.272 e. The van der Waals surface area contributed by atoms with Crippen LogP contribution in [-0.2, 0) is 7.05 Å². The predicted molar refractivity (Wildman–Crippen MR) is 108 cm³/mol. The largest absolute Gasteiger partial charge is 0.338 e. The SMILES string of the molecule is Cc1cccc(NC(=O)c2cc3c(c4ccccc4n3C(C)C)n2C)c1. The van der Waals surface area contributed by atoms with Gasteiger partial charge in [0.15, 0.2) is 0 Å². The van der Waals surface area contributed by atoms with Gasteiger partial charge in [0, 0.05) is 24.2 Å². The molecule has 4 nitrogen and oxygen atoms in total. The van der Waals surface area contributed by atoms with Crippen LogP contribution in [0.25, 0.3) is 21.9 Å². The number of hydrogen-bond acceptors (Lipinski definition) is 1. The summed E-state index contributed by atoms with van der Waals surface area (Å²) in [7, 11) is 1.96. The number of carbonyl (C=O) groups is 1.